The average molecular weight is 1250 g/mol. The number of aromatic nitrogens is 4. The van der Waals surface area contributed by atoms with Crippen molar-refractivity contribution in [3.8, 4) is 0 Å². The molecule has 16 heterocycles. The Morgan fingerprint density at radius 2 is 0.541 bits per heavy atom. The third-order valence-corrected chi connectivity index (χ3v) is 23.0. The largest absolute Gasteiger partial charge is 0.423 e. The minimum absolute atomic E-state index is 0.916. The van der Waals surface area contributed by atoms with Crippen LogP contribution in [0.3, 0.4) is 0 Å². The first-order chi connectivity index (χ1) is 48.6. The number of hydrogen-bond donors (Lipinski definition) is 0. The van der Waals surface area contributed by atoms with Gasteiger partial charge in [0.25, 0.3) is 35.0 Å². The number of nitrogens with zero attached hydrogens (tertiary/aromatic N) is 14. The van der Waals surface area contributed by atoms with Gasteiger partial charge in [0.15, 0.2) is 0 Å². The van der Waals surface area contributed by atoms with E-state index in [2.05, 4.69) is 291 Å². The number of rotatable bonds is 0. The highest BCUT2D eigenvalue weighted by Crippen LogP contribution is 2.56. The lowest BCUT2D eigenvalue weighted by Gasteiger charge is -2.40. The highest BCUT2D eigenvalue weighted by molar-refractivity contribution is 6.31. The maximum absolute atomic E-state index is 5.67. The van der Waals surface area contributed by atoms with E-state index in [-0.39, 0.29) is 0 Å². The van der Waals surface area contributed by atoms with Crippen LogP contribution in [0.1, 0.15) is 44.5 Å². The molecule has 12 aliphatic rings. The fourth-order valence-corrected chi connectivity index (χ4v) is 19.1. The molecule has 2 spiro atoms. The summed E-state index contributed by atoms with van der Waals surface area (Å²) in [6.45, 7) is 0. The maximum atomic E-state index is 5.67. The van der Waals surface area contributed by atoms with Crippen LogP contribution in [0.4, 0.5) is 23.3 Å². The van der Waals surface area contributed by atoms with Gasteiger partial charge in [-0.25, -0.2) is 9.13 Å². The smallest absolute Gasteiger partial charge is 0.217 e. The van der Waals surface area contributed by atoms with E-state index < -0.39 is 11.8 Å². The van der Waals surface area contributed by atoms with Crippen LogP contribution in [0.25, 0.3) is 98.3 Å². The van der Waals surface area contributed by atoms with Gasteiger partial charge in [-0.05, 0) is 150 Å². The zero-order valence-corrected chi connectivity index (χ0v) is 51.5. The van der Waals surface area contributed by atoms with E-state index in [0.29, 0.717) is 0 Å². The standard InChI is InChI=1S/2C42H21N7/c1-2-10-23-18-31-30(17-22(23)9-1)35-21-34-26-13-5-6-14-27(26)36-43-40-32-19-24-11-3-4-12-25(24)20-33(32)41-45-38-29-16-8-7-15-28(29)37-44-39(31)47(35)42(46(34)36,48(37)38)49(40)41;1-2-10-23-18-31-30(17-22(23)9-1)35-21-34-26-13-5-6-14-27(26)36-43-37-28-15-7-8-16-29(28)38-44-40-32-19-24-11-3-4-12-25(24)20-33(32)41-45-39(31)47(35)42(46(34)36,48(37)38)49(40)41/h2*1-21H/q2*+2. The summed E-state index contributed by atoms with van der Waals surface area (Å²) in [7, 11) is 0. The monoisotopic (exact) mass is 1250 g/mol. The first-order valence-corrected chi connectivity index (χ1v) is 33.4. The molecule has 28 rings (SSSR count). The van der Waals surface area contributed by atoms with Crippen molar-refractivity contribution in [3.63, 3.8) is 0 Å². The molecule has 12 aromatic carbocycles. The molecule has 444 valence electrons. The number of benzene rings is 12. The molecule has 0 N–H and O–H groups in total. The van der Waals surface area contributed by atoms with Gasteiger partial charge in [-0.1, -0.05) is 166 Å². The van der Waals surface area contributed by atoms with Crippen LogP contribution in [-0.2, 0) is 11.8 Å². The van der Waals surface area contributed by atoms with E-state index in [1.165, 1.54) is 65.0 Å². The van der Waals surface area contributed by atoms with Gasteiger partial charge in [-0.2, -0.15) is 9.13 Å². The Labute approximate surface area is 552 Å². The second kappa shape index (κ2) is 15.7. The van der Waals surface area contributed by atoms with Crippen LogP contribution < -0.4 is 21.7 Å². The predicted molar refractivity (Wildman–Crippen MR) is 383 cm³/mol. The Bertz CT molecular complexity index is 7330. The fourth-order valence-electron chi connectivity index (χ4n) is 19.1. The molecule has 12 aliphatic heterocycles. The van der Waals surface area contributed by atoms with Gasteiger partial charge in [0.05, 0.1) is 54.9 Å². The number of fused-ring (bicyclic) bond motifs is 28. The van der Waals surface area contributed by atoms with E-state index in [0.717, 1.165) is 157 Å². The Kier molecular flexibility index (Phi) is 7.72. The molecular weight excluding hydrogens is 1210 g/mol. The summed E-state index contributed by atoms with van der Waals surface area (Å²) in [4.78, 5) is 33.6. The summed E-state index contributed by atoms with van der Waals surface area (Å²) < 4.78 is 19.5. The average Bonchev–Trinajstić information content (AvgIpc) is 1.46. The van der Waals surface area contributed by atoms with Crippen molar-refractivity contribution < 1.29 is 18.3 Å². The van der Waals surface area contributed by atoms with E-state index >= 15 is 0 Å². The summed E-state index contributed by atoms with van der Waals surface area (Å²) in [5.41, 5.74) is 13.2. The molecule has 2 atom stereocenters. The van der Waals surface area contributed by atoms with Gasteiger partial charge in [-0.3, -0.25) is 0 Å². The highest BCUT2D eigenvalue weighted by Gasteiger charge is 2.72. The first kappa shape index (κ1) is 48.3. The highest BCUT2D eigenvalue weighted by atomic mass is 15.7. The first-order valence-electron chi connectivity index (χ1n) is 33.4. The fraction of sp³-hybridized carbons (Fsp3) is 0.0238. The Morgan fingerprint density at radius 1 is 0.235 bits per heavy atom. The Hall–Kier alpha value is -13.5. The molecule has 16 aromatic rings. The van der Waals surface area contributed by atoms with Crippen LogP contribution in [0.2, 0.25) is 0 Å². The quantitative estimate of drug-likeness (QED) is 0.135. The zero-order valence-electron chi connectivity index (χ0n) is 51.5. The molecule has 0 saturated heterocycles. The molecule has 4 aromatic heterocycles. The minimum Gasteiger partial charge on any atom is -0.217 e. The molecule has 0 amide bonds. The van der Waals surface area contributed by atoms with Crippen LogP contribution >= 0.6 is 0 Å². The predicted octanol–water partition coefficient (Wildman–Crippen LogP) is 12.4. The number of aliphatic imine (C=N–C) groups is 4. The minimum atomic E-state index is -0.931. The lowest BCUT2D eigenvalue weighted by Crippen LogP contribution is -2.71. The van der Waals surface area contributed by atoms with E-state index in [1.807, 2.05) is 0 Å². The second-order valence-electron chi connectivity index (χ2n) is 27.4. The molecule has 14 nitrogen and oxygen atoms in total. The van der Waals surface area contributed by atoms with Crippen LogP contribution in [0.15, 0.2) is 273 Å². The van der Waals surface area contributed by atoms with Crippen molar-refractivity contribution >= 4 is 168 Å². The second-order valence-corrected chi connectivity index (χ2v) is 27.4. The Balaban J connectivity index is 0.000000112. The van der Waals surface area contributed by atoms with E-state index in [9.17, 15) is 0 Å². The lowest BCUT2D eigenvalue weighted by molar-refractivity contribution is -0.789. The molecule has 0 radical (unpaired) electrons. The molecule has 0 aliphatic carbocycles. The maximum Gasteiger partial charge on any atom is 0.423 e. The molecule has 0 saturated carbocycles. The molecular formula is C84H42N14+4. The molecule has 0 bridgehead atoms. The molecule has 14 heteroatoms. The summed E-state index contributed by atoms with van der Waals surface area (Å²) >= 11 is 0. The normalized spacial score (nSPS) is 19.5. The van der Waals surface area contributed by atoms with Gasteiger partial charge in [0.2, 0.25) is 22.6 Å². The summed E-state index contributed by atoms with van der Waals surface area (Å²) in [6, 6.07) is 87.8. The summed E-state index contributed by atoms with van der Waals surface area (Å²) in [6.07, 6.45) is 4.73. The number of hydrogen-bond acceptors (Lipinski definition) is 6. The van der Waals surface area contributed by atoms with Gasteiger partial charge in [-0.15, -0.1) is 18.3 Å². The van der Waals surface area contributed by atoms with Crippen molar-refractivity contribution in [2.24, 2.45) is 30.0 Å². The summed E-state index contributed by atoms with van der Waals surface area (Å²) in [5, 5.41) is 20.9. The number of amidine groups is 6. The Morgan fingerprint density at radius 3 is 0.980 bits per heavy atom. The summed E-state index contributed by atoms with van der Waals surface area (Å²) in [5.74, 6) is 7.37. The molecule has 0 fully saturated rings. The third kappa shape index (κ3) is 5.02. The van der Waals surface area contributed by atoms with Gasteiger partial charge in [0, 0.05) is 55.6 Å². The van der Waals surface area contributed by atoms with Gasteiger partial charge in [0.1, 0.15) is 11.4 Å². The van der Waals surface area contributed by atoms with E-state index in [4.69, 9.17) is 30.0 Å². The topological polar surface area (TPSA) is 106 Å². The van der Waals surface area contributed by atoms with Crippen molar-refractivity contribution in [1.29, 1.82) is 0 Å². The third-order valence-electron chi connectivity index (χ3n) is 23.0. The SMILES string of the molecule is C1=c2c3cc4ccccc4cc3c3n2C24n5c(c6cc7ccccc7cc6c5N=C5c6ccccc6C(=[N+]52)N=3)N=C2c3ccccc3C1=[N+]24.C1=c2c3cc4ccccc4cc3c3n2C24n5c(c6ccccc6c5N=C5c6cc7ccccc7cc6C(=[N+]52)N=3)N=C2c3ccccc3C1=[N+]24. The van der Waals surface area contributed by atoms with Crippen LogP contribution in [0.5, 0.6) is 0 Å². The van der Waals surface area contributed by atoms with Crippen LogP contribution in [-0.4, -0.2) is 83.0 Å². The lowest BCUT2D eigenvalue weighted by atomic mass is 10.0. The van der Waals surface area contributed by atoms with Gasteiger partial charge >= 0.3 is 23.5 Å². The van der Waals surface area contributed by atoms with E-state index in [1.54, 1.807) is 0 Å². The van der Waals surface area contributed by atoms with Crippen molar-refractivity contribution in [2.75, 3.05) is 0 Å². The zero-order chi connectivity index (χ0) is 62.7. The van der Waals surface area contributed by atoms with Crippen molar-refractivity contribution in [2.45, 2.75) is 11.8 Å². The molecule has 98 heavy (non-hydrogen) atoms. The van der Waals surface area contributed by atoms with Crippen molar-refractivity contribution in [1.82, 2.24) is 18.3 Å². The van der Waals surface area contributed by atoms with Crippen molar-refractivity contribution in [3.05, 3.63) is 309 Å². The van der Waals surface area contributed by atoms with Crippen LogP contribution in [0, 0.1) is 0 Å². The van der Waals surface area contributed by atoms with Gasteiger partial charge < -0.3 is 0 Å². The molecule has 2 unspecified atom stereocenters.